The van der Waals surface area contributed by atoms with Crippen molar-refractivity contribution in [3.05, 3.63) is 35.9 Å². The maximum Gasteiger partial charge on any atom is 0.0741 e. The van der Waals surface area contributed by atoms with E-state index >= 15 is 0 Å². The van der Waals surface area contributed by atoms with Crippen LogP contribution in [0.4, 0.5) is 0 Å². The summed E-state index contributed by atoms with van der Waals surface area (Å²) in [6.45, 7) is 11.3. The van der Waals surface area contributed by atoms with E-state index in [0.29, 0.717) is 12.6 Å². The molecule has 0 aliphatic heterocycles. The van der Waals surface area contributed by atoms with Crippen LogP contribution in [0.5, 0.6) is 0 Å². The van der Waals surface area contributed by atoms with Crippen LogP contribution in [-0.2, 0) is 5.41 Å². The van der Waals surface area contributed by atoms with E-state index in [9.17, 15) is 5.11 Å². The van der Waals surface area contributed by atoms with E-state index in [4.69, 9.17) is 0 Å². The van der Waals surface area contributed by atoms with E-state index in [-0.39, 0.29) is 5.41 Å². The molecular weight excluding hydrogens is 234 g/mol. The average molecular weight is 263 g/mol. The van der Waals surface area contributed by atoms with Crippen LogP contribution in [0.15, 0.2) is 30.3 Å². The Bertz CT molecular complexity index is 370. The van der Waals surface area contributed by atoms with Crippen molar-refractivity contribution in [1.29, 1.82) is 0 Å². The summed E-state index contributed by atoms with van der Waals surface area (Å²) in [7, 11) is 0. The molecule has 0 aliphatic rings. The normalized spacial score (nSPS) is 16.9. The van der Waals surface area contributed by atoms with Gasteiger partial charge in [-0.15, -0.1) is 0 Å². The van der Waals surface area contributed by atoms with Crippen molar-refractivity contribution in [2.45, 2.75) is 64.5 Å². The molecule has 2 unspecified atom stereocenters. The van der Waals surface area contributed by atoms with Crippen LogP contribution < -0.4 is 5.32 Å². The van der Waals surface area contributed by atoms with Crippen molar-refractivity contribution in [2.75, 3.05) is 6.54 Å². The molecule has 2 N–H and O–H groups in total. The molecule has 0 fully saturated rings. The van der Waals surface area contributed by atoms with Crippen LogP contribution >= 0.6 is 0 Å². The highest BCUT2D eigenvalue weighted by atomic mass is 16.3. The molecular formula is C17H29NO. The second-order valence-electron chi connectivity index (χ2n) is 6.59. The van der Waals surface area contributed by atoms with E-state index in [1.165, 1.54) is 5.56 Å². The van der Waals surface area contributed by atoms with Gasteiger partial charge in [0.25, 0.3) is 0 Å². The van der Waals surface area contributed by atoms with Gasteiger partial charge in [-0.2, -0.15) is 0 Å². The van der Waals surface area contributed by atoms with Gasteiger partial charge in [-0.05, 0) is 37.7 Å². The van der Waals surface area contributed by atoms with Gasteiger partial charge in [0.2, 0.25) is 0 Å². The SMILES string of the molecule is CCC(C)(O)CNC(C)CC(C)(C)c1ccccc1. The summed E-state index contributed by atoms with van der Waals surface area (Å²) >= 11 is 0. The third-order valence-corrected chi connectivity index (χ3v) is 3.96. The summed E-state index contributed by atoms with van der Waals surface area (Å²) < 4.78 is 0. The maximum atomic E-state index is 10.0. The van der Waals surface area contributed by atoms with Gasteiger partial charge in [-0.1, -0.05) is 51.1 Å². The van der Waals surface area contributed by atoms with Crippen LogP contribution in [0.1, 0.15) is 53.0 Å². The lowest BCUT2D eigenvalue weighted by Crippen LogP contribution is -2.43. The van der Waals surface area contributed by atoms with Crippen molar-refractivity contribution in [2.24, 2.45) is 0 Å². The van der Waals surface area contributed by atoms with Gasteiger partial charge in [0.15, 0.2) is 0 Å². The van der Waals surface area contributed by atoms with Crippen LogP contribution in [-0.4, -0.2) is 23.3 Å². The maximum absolute atomic E-state index is 10.0. The fourth-order valence-electron chi connectivity index (χ4n) is 2.36. The molecule has 1 aromatic rings. The lowest BCUT2D eigenvalue weighted by Gasteiger charge is -2.31. The van der Waals surface area contributed by atoms with Gasteiger partial charge >= 0.3 is 0 Å². The summed E-state index contributed by atoms with van der Waals surface area (Å²) in [5.41, 5.74) is 0.905. The van der Waals surface area contributed by atoms with E-state index in [2.05, 4.69) is 56.4 Å². The molecule has 2 heteroatoms. The molecule has 1 rings (SSSR count). The molecule has 0 spiro atoms. The van der Waals surface area contributed by atoms with Gasteiger partial charge in [0, 0.05) is 12.6 Å². The van der Waals surface area contributed by atoms with Crippen LogP contribution in [0.25, 0.3) is 0 Å². The minimum Gasteiger partial charge on any atom is -0.389 e. The van der Waals surface area contributed by atoms with E-state index in [0.717, 1.165) is 12.8 Å². The molecule has 0 amide bonds. The Morgan fingerprint density at radius 1 is 1.16 bits per heavy atom. The second-order valence-corrected chi connectivity index (χ2v) is 6.59. The smallest absolute Gasteiger partial charge is 0.0741 e. The zero-order valence-electron chi connectivity index (χ0n) is 13.0. The number of nitrogens with one attached hydrogen (secondary N) is 1. The van der Waals surface area contributed by atoms with Crippen LogP contribution in [0, 0.1) is 0 Å². The van der Waals surface area contributed by atoms with Gasteiger partial charge in [-0.25, -0.2) is 0 Å². The number of hydrogen-bond donors (Lipinski definition) is 2. The van der Waals surface area contributed by atoms with E-state index < -0.39 is 5.60 Å². The summed E-state index contributed by atoms with van der Waals surface area (Å²) in [6, 6.07) is 11.0. The topological polar surface area (TPSA) is 32.3 Å². The van der Waals surface area contributed by atoms with E-state index in [1.54, 1.807) is 0 Å². The second kappa shape index (κ2) is 6.53. The first-order valence-electron chi connectivity index (χ1n) is 7.28. The lowest BCUT2D eigenvalue weighted by molar-refractivity contribution is 0.0524. The Kier molecular flexibility index (Phi) is 5.57. The molecule has 1 aromatic carbocycles. The van der Waals surface area contributed by atoms with Gasteiger partial charge < -0.3 is 10.4 Å². The van der Waals surface area contributed by atoms with Crippen molar-refractivity contribution in [3.63, 3.8) is 0 Å². The molecule has 2 atom stereocenters. The third kappa shape index (κ3) is 5.33. The van der Waals surface area contributed by atoms with Crippen molar-refractivity contribution in [3.8, 4) is 0 Å². The number of rotatable bonds is 7. The number of hydrogen-bond acceptors (Lipinski definition) is 2. The number of benzene rings is 1. The quantitative estimate of drug-likeness (QED) is 0.789. The molecule has 0 bridgehead atoms. The molecule has 19 heavy (non-hydrogen) atoms. The molecule has 0 aliphatic carbocycles. The van der Waals surface area contributed by atoms with Crippen molar-refractivity contribution in [1.82, 2.24) is 5.32 Å². The zero-order valence-corrected chi connectivity index (χ0v) is 13.0. The average Bonchev–Trinajstić information content (AvgIpc) is 2.37. The van der Waals surface area contributed by atoms with Crippen LogP contribution in [0.2, 0.25) is 0 Å². The minimum absolute atomic E-state index is 0.145. The lowest BCUT2D eigenvalue weighted by atomic mass is 9.79. The zero-order chi connectivity index (χ0) is 14.5. The third-order valence-electron chi connectivity index (χ3n) is 3.96. The molecule has 108 valence electrons. The summed E-state index contributed by atoms with van der Waals surface area (Å²) in [5, 5.41) is 13.5. The van der Waals surface area contributed by atoms with Crippen molar-refractivity contribution < 1.29 is 5.11 Å². The summed E-state index contributed by atoms with van der Waals surface area (Å²) in [6.07, 6.45) is 1.83. The first kappa shape index (κ1) is 16.2. The highest BCUT2D eigenvalue weighted by Crippen LogP contribution is 2.28. The predicted octanol–water partition coefficient (Wildman–Crippen LogP) is 3.49. The fraction of sp³-hybridized carbons (Fsp3) is 0.647. The Morgan fingerprint density at radius 2 is 1.74 bits per heavy atom. The Balaban J connectivity index is 2.54. The Hall–Kier alpha value is -0.860. The van der Waals surface area contributed by atoms with Gasteiger partial charge in [0.1, 0.15) is 0 Å². The highest BCUT2D eigenvalue weighted by Gasteiger charge is 2.24. The first-order chi connectivity index (χ1) is 8.77. The van der Waals surface area contributed by atoms with Gasteiger partial charge in [0.05, 0.1) is 5.60 Å². The highest BCUT2D eigenvalue weighted by molar-refractivity contribution is 5.23. The Labute approximate surface area is 118 Å². The Morgan fingerprint density at radius 3 is 2.26 bits per heavy atom. The molecule has 0 radical (unpaired) electrons. The molecule has 0 aromatic heterocycles. The van der Waals surface area contributed by atoms with Gasteiger partial charge in [-0.3, -0.25) is 0 Å². The largest absolute Gasteiger partial charge is 0.389 e. The van der Waals surface area contributed by atoms with Crippen molar-refractivity contribution >= 4 is 0 Å². The standard InChI is InChI=1S/C17H29NO/c1-6-17(5,19)13-18-14(2)12-16(3,4)15-10-8-7-9-11-15/h7-11,14,18-19H,6,12-13H2,1-5H3. The monoisotopic (exact) mass is 263 g/mol. The minimum atomic E-state index is -0.606. The number of aliphatic hydroxyl groups is 1. The van der Waals surface area contributed by atoms with Crippen LogP contribution in [0.3, 0.4) is 0 Å². The molecule has 2 nitrogen and oxygen atoms in total. The summed E-state index contributed by atoms with van der Waals surface area (Å²) in [5.74, 6) is 0. The van der Waals surface area contributed by atoms with E-state index in [1.807, 2.05) is 13.8 Å². The summed E-state index contributed by atoms with van der Waals surface area (Å²) in [4.78, 5) is 0. The first-order valence-corrected chi connectivity index (χ1v) is 7.28. The molecule has 0 heterocycles. The molecule has 0 saturated carbocycles. The fourth-order valence-corrected chi connectivity index (χ4v) is 2.36. The predicted molar refractivity (Wildman–Crippen MR) is 82.5 cm³/mol. The molecule has 0 saturated heterocycles.